The minimum Gasteiger partial charge on any atom is -0.494 e. The first-order chi connectivity index (χ1) is 15.6. The van der Waals surface area contributed by atoms with Crippen molar-refractivity contribution >= 4 is 28.6 Å². The topological polar surface area (TPSA) is 58.8 Å². The molecule has 0 fully saturated rings. The number of aryl methyl sites for hydroxylation is 1. The fourth-order valence-corrected chi connectivity index (χ4v) is 4.62. The Kier molecular flexibility index (Phi) is 6.71. The number of nitrogens with zero attached hydrogens (tertiary/aromatic N) is 1. The highest BCUT2D eigenvalue weighted by Crippen LogP contribution is 2.40. The smallest absolute Gasteiger partial charge is 0.345 e. The van der Waals surface area contributed by atoms with Gasteiger partial charge < -0.3 is 9.47 Å². The van der Waals surface area contributed by atoms with E-state index in [2.05, 4.69) is 12.1 Å². The van der Waals surface area contributed by atoms with Gasteiger partial charge in [0.15, 0.2) is 7.05 Å². The zero-order valence-corrected chi connectivity index (χ0v) is 19.0. The predicted molar refractivity (Wildman–Crippen MR) is 126 cm³/mol. The Bertz CT molecular complexity index is 1160. The molecule has 0 atom stereocenters. The standard InChI is InChI=1S/C26H26NO4S/c1-3-30-26(28)24-23(19-13-15-32-17-19)21-12-11-20(16-22(21)25(24)27(2)29)31-14-7-10-18-8-5-4-6-9-18/h4-6,8-9,11-13,15-17,29H,3,7,10,14H2,1-2H3/q+1. The van der Waals surface area contributed by atoms with Gasteiger partial charge in [-0.3, -0.25) is 5.21 Å². The molecule has 2 aromatic carbocycles. The maximum atomic E-state index is 12.9. The van der Waals surface area contributed by atoms with Crippen LogP contribution in [0.5, 0.6) is 5.75 Å². The summed E-state index contributed by atoms with van der Waals surface area (Å²) in [7, 11) is 1.52. The van der Waals surface area contributed by atoms with E-state index in [4.69, 9.17) is 9.47 Å². The molecular formula is C26H26NO4S+. The van der Waals surface area contributed by atoms with Crippen LogP contribution in [0.4, 0.5) is 0 Å². The molecule has 1 aliphatic rings. The average molecular weight is 449 g/mol. The van der Waals surface area contributed by atoms with Crippen LogP contribution in [0.2, 0.25) is 0 Å². The van der Waals surface area contributed by atoms with Crippen molar-refractivity contribution in [2.24, 2.45) is 0 Å². The lowest BCUT2D eigenvalue weighted by Crippen LogP contribution is -2.22. The summed E-state index contributed by atoms with van der Waals surface area (Å²) < 4.78 is 12.3. The zero-order valence-electron chi connectivity index (χ0n) is 18.2. The van der Waals surface area contributed by atoms with Gasteiger partial charge in [0.05, 0.1) is 18.8 Å². The lowest BCUT2D eigenvalue weighted by atomic mass is 10.00. The van der Waals surface area contributed by atoms with E-state index in [1.807, 2.05) is 53.2 Å². The van der Waals surface area contributed by atoms with Gasteiger partial charge in [-0.15, -0.1) is 0 Å². The molecule has 0 bridgehead atoms. The van der Waals surface area contributed by atoms with E-state index in [-0.39, 0.29) is 6.61 Å². The summed E-state index contributed by atoms with van der Waals surface area (Å²) in [6, 6.07) is 18.0. The van der Waals surface area contributed by atoms with Crippen molar-refractivity contribution in [1.29, 1.82) is 0 Å². The summed E-state index contributed by atoms with van der Waals surface area (Å²) in [5.74, 6) is 0.247. The van der Waals surface area contributed by atoms with Crippen LogP contribution in [-0.4, -0.2) is 41.9 Å². The molecule has 1 aromatic heterocycles. The number of carbonyl (C=O) groups is 1. The van der Waals surface area contributed by atoms with Crippen molar-refractivity contribution in [1.82, 2.24) is 0 Å². The Balaban J connectivity index is 1.62. The first kappa shape index (κ1) is 21.8. The fraction of sp³-hybridized carbons (Fsp3) is 0.231. The molecule has 0 radical (unpaired) electrons. The lowest BCUT2D eigenvalue weighted by molar-refractivity contribution is -0.753. The number of benzene rings is 2. The largest absolute Gasteiger partial charge is 0.494 e. The number of rotatable bonds is 8. The molecule has 1 aliphatic carbocycles. The number of hydrogen-bond acceptors (Lipinski definition) is 5. The van der Waals surface area contributed by atoms with Crippen LogP contribution >= 0.6 is 11.3 Å². The molecule has 6 heteroatoms. The van der Waals surface area contributed by atoms with Crippen LogP contribution in [0.1, 0.15) is 35.6 Å². The van der Waals surface area contributed by atoms with Gasteiger partial charge in [-0.1, -0.05) is 30.3 Å². The molecule has 0 unspecified atom stereocenters. The van der Waals surface area contributed by atoms with Crippen LogP contribution < -0.4 is 4.74 Å². The summed E-state index contributed by atoms with van der Waals surface area (Å²) in [4.78, 5) is 12.9. The Hall–Kier alpha value is -3.38. The minimum atomic E-state index is -0.453. The van der Waals surface area contributed by atoms with Crippen LogP contribution in [0.15, 0.2) is 70.9 Å². The van der Waals surface area contributed by atoms with Gasteiger partial charge >= 0.3 is 5.97 Å². The second kappa shape index (κ2) is 9.83. The van der Waals surface area contributed by atoms with Gasteiger partial charge in [-0.25, -0.2) is 4.79 Å². The van der Waals surface area contributed by atoms with Crippen LogP contribution in [0.25, 0.3) is 5.57 Å². The van der Waals surface area contributed by atoms with Gasteiger partial charge in [0.2, 0.25) is 0 Å². The molecule has 1 N–H and O–H groups in total. The number of thiophene rings is 1. The normalized spacial score (nSPS) is 14.3. The fourth-order valence-electron chi connectivity index (χ4n) is 3.97. The third kappa shape index (κ3) is 4.46. The second-order valence-electron chi connectivity index (χ2n) is 7.50. The predicted octanol–water partition coefficient (Wildman–Crippen LogP) is 4.96. The number of esters is 1. The first-order valence-electron chi connectivity index (χ1n) is 10.7. The van der Waals surface area contributed by atoms with Crippen molar-refractivity contribution in [3.05, 3.63) is 93.2 Å². The number of carbonyl (C=O) groups excluding carboxylic acids is 1. The summed E-state index contributed by atoms with van der Waals surface area (Å²) in [6.07, 6.45) is 1.84. The van der Waals surface area contributed by atoms with Crippen molar-refractivity contribution in [3.63, 3.8) is 0 Å². The van der Waals surface area contributed by atoms with Gasteiger partial charge in [0.25, 0.3) is 5.71 Å². The number of hydrogen-bond donors (Lipinski definition) is 1. The quantitative estimate of drug-likeness (QED) is 0.174. The lowest BCUT2D eigenvalue weighted by Gasteiger charge is -2.09. The number of ether oxygens (including phenoxy) is 2. The van der Waals surface area contributed by atoms with Gasteiger partial charge in [0.1, 0.15) is 11.3 Å². The highest BCUT2D eigenvalue weighted by atomic mass is 32.1. The molecule has 5 nitrogen and oxygen atoms in total. The summed E-state index contributed by atoms with van der Waals surface area (Å²) >= 11 is 1.56. The highest BCUT2D eigenvalue weighted by Gasteiger charge is 2.40. The van der Waals surface area contributed by atoms with Crippen LogP contribution in [0.3, 0.4) is 0 Å². The van der Waals surface area contributed by atoms with Gasteiger partial charge in [-0.05, 0) is 76.2 Å². The first-order valence-corrected chi connectivity index (χ1v) is 11.6. The van der Waals surface area contributed by atoms with Crippen LogP contribution in [-0.2, 0) is 16.0 Å². The molecule has 0 spiro atoms. The Morgan fingerprint density at radius 2 is 1.91 bits per heavy atom. The third-order valence-corrected chi connectivity index (χ3v) is 6.02. The molecular weight excluding hydrogens is 422 g/mol. The summed E-state index contributed by atoms with van der Waals surface area (Å²) in [6.45, 7) is 2.61. The SMILES string of the molecule is CCOC(=O)C1=C(c2ccsc2)c2ccc(OCCCc3ccccc3)cc2C1=[N+](C)O. The van der Waals surface area contributed by atoms with E-state index in [1.54, 1.807) is 18.3 Å². The summed E-state index contributed by atoms with van der Waals surface area (Å²) in [5, 5.41) is 14.4. The average Bonchev–Trinajstić information content (AvgIpc) is 3.43. The Labute approximate surface area is 191 Å². The zero-order chi connectivity index (χ0) is 22.5. The molecule has 0 saturated heterocycles. The van der Waals surface area contributed by atoms with E-state index in [1.165, 1.54) is 12.6 Å². The molecule has 3 aromatic rings. The van der Waals surface area contributed by atoms with E-state index in [9.17, 15) is 10.0 Å². The molecule has 1 heterocycles. The van der Waals surface area contributed by atoms with Crippen molar-refractivity contribution in [3.8, 4) is 5.75 Å². The van der Waals surface area contributed by atoms with Crippen LogP contribution in [0, 0.1) is 0 Å². The summed E-state index contributed by atoms with van der Waals surface area (Å²) in [5.41, 5.74) is 5.39. The van der Waals surface area contributed by atoms with E-state index >= 15 is 0 Å². The van der Waals surface area contributed by atoms with Gasteiger partial charge in [-0.2, -0.15) is 11.3 Å². The number of fused-ring (bicyclic) bond motifs is 1. The van der Waals surface area contributed by atoms with E-state index in [0.717, 1.165) is 39.8 Å². The second-order valence-corrected chi connectivity index (χ2v) is 8.28. The monoisotopic (exact) mass is 448 g/mol. The van der Waals surface area contributed by atoms with Crippen molar-refractivity contribution in [2.75, 3.05) is 20.3 Å². The van der Waals surface area contributed by atoms with Crippen molar-refractivity contribution < 1.29 is 24.2 Å². The highest BCUT2D eigenvalue weighted by molar-refractivity contribution is 7.08. The molecule has 164 valence electrons. The van der Waals surface area contributed by atoms with E-state index in [0.29, 0.717) is 23.6 Å². The maximum Gasteiger partial charge on any atom is 0.345 e. The number of hydroxylamine groups is 1. The molecule has 32 heavy (non-hydrogen) atoms. The molecule has 0 saturated carbocycles. The van der Waals surface area contributed by atoms with Gasteiger partial charge in [0, 0.05) is 5.57 Å². The Morgan fingerprint density at radius 1 is 1.09 bits per heavy atom. The third-order valence-electron chi connectivity index (χ3n) is 5.34. The molecule has 0 amide bonds. The van der Waals surface area contributed by atoms with Crippen molar-refractivity contribution in [2.45, 2.75) is 19.8 Å². The minimum absolute atomic E-state index is 0.258. The molecule has 0 aliphatic heterocycles. The molecule has 4 rings (SSSR count). The Morgan fingerprint density at radius 3 is 2.59 bits per heavy atom. The van der Waals surface area contributed by atoms with E-state index < -0.39 is 5.97 Å². The maximum absolute atomic E-state index is 12.9.